The molecule has 0 aromatic heterocycles. The van der Waals surface area contributed by atoms with Crippen molar-refractivity contribution in [2.45, 2.75) is 68.3 Å². The number of nitro benzene ring substituents is 1. The minimum absolute atomic E-state index is 0.210. The Bertz CT molecular complexity index is 528. The maximum absolute atomic E-state index is 11.7. The molecule has 23 heavy (non-hydrogen) atoms. The zero-order valence-electron chi connectivity index (χ0n) is 13.6. The average molecular weight is 335 g/mol. The van der Waals surface area contributed by atoms with E-state index in [1.807, 2.05) is 18.4 Å². The van der Waals surface area contributed by atoms with Crippen LogP contribution in [0.5, 0.6) is 0 Å². The summed E-state index contributed by atoms with van der Waals surface area (Å²) in [6, 6.07) is 4.59. The summed E-state index contributed by atoms with van der Waals surface area (Å²) >= 11 is 1.63. The van der Waals surface area contributed by atoms with Gasteiger partial charge in [0.2, 0.25) is 0 Å². The summed E-state index contributed by atoms with van der Waals surface area (Å²) in [5, 5.41) is 18.6. The van der Waals surface area contributed by atoms with Gasteiger partial charge in [0.1, 0.15) is 11.4 Å². The lowest BCUT2D eigenvalue weighted by Gasteiger charge is -2.19. The van der Waals surface area contributed by atoms with Gasteiger partial charge < -0.3 is 10.6 Å². The zero-order valence-corrected chi connectivity index (χ0v) is 14.5. The number of thioether (sulfide) groups is 1. The highest BCUT2D eigenvalue weighted by molar-refractivity contribution is 7.98. The SMILES string of the molecule is CSc1cc(NC2CCCC2)c([N+](=O)[O-])c(NC2CCCC2)c1. The lowest BCUT2D eigenvalue weighted by Crippen LogP contribution is -2.19. The fourth-order valence-electron chi connectivity index (χ4n) is 3.72. The van der Waals surface area contributed by atoms with E-state index in [9.17, 15) is 10.1 Å². The van der Waals surface area contributed by atoms with Gasteiger partial charge in [-0.3, -0.25) is 10.1 Å². The van der Waals surface area contributed by atoms with E-state index < -0.39 is 0 Å². The van der Waals surface area contributed by atoms with Crippen molar-refractivity contribution < 1.29 is 4.92 Å². The molecule has 6 heteroatoms. The van der Waals surface area contributed by atoms with Crippen LogP contribution in [-0.2, 0) is 0 Å². The molecule has 2 saturated carbocycles. The first kappa shape index (κ1) is 16.4. The van der Waals surface area contributed by atoms with E-state index in [0.29, 0.717) is 23.5 Å². The summed E-state index contributed by atoms with van der Waals surface area (Å²) in [7, 11) is 0. The second kappa shape index (κ2) is 7.43. The van der Waals surface area contributed by atoms with Crippen LogP contribution in [0.25, 0.3) is 0 Å². The minimum atomic E-state index is -0.237. The molecule has 0 unspecified atom stereocenters. The van der Waals surface area contributed by atoms with Gasteiger partial charge in [-0.05, 0) is 44.1 Å². The van der Waals surface area contributed by atoms with Crippen molar-refractivity contribution in [3.63, 3.8) is 0 Å². The molecule has 0 atom stereocenters. The number of hydrogen-bond donors (Lipinski definition) is 2. The fraction of sp³-hybridized carbons (Fsp3) is 0.647. The first-order chi connectivity index (χ1) is 11.2. The van der Waals surface area contributed by atoms with Gasteiger partial charge in [-0.25, -0.2) is 0 Å². The smallest absolute Gasteiger partial charge is 0.315 e. The quantitative estimate of drug-likeness (QED) is 0.434. The first-order valence-electron chi connectivity index (χ1n) is 8.57. The van der Waals surface area contributed by atoms with Gasteiger partial charge in [-0.1, -0.05) is 25.7 Å². The van der Waals surface area contributed by atoms with Crippen LogP contribution in [-0.4, -0.2) is 23.3 Å². The van der Waals surface area contributed by atoms with Crippen LogP contribution in [0.2, 0.25) is 0 Å². The van der Waals surface area contributed by atoms with E-state index in [-0.39, 0.29) is 10.6 Å². The third kappa shape index (κ3) is 3.91. The Morgan fingerprint density at radius 2 is 1.43 bits per heavy atom. The normalized spacial score (nSPS) is 19.2. The summed E-state index contributed by atoms with van der Waals surface area (Å²) in [5.41, 5.74) is 1.56. The predicted molar refractivity (Wildman–Crippen MR) is 96.6 cm³/mol. The van der Waals surface area contributed by atoms with Crippen LogP contribution < -0.4 is 10.6 Å². The van der Waals surface area contributed by atoms with Gasteiger partial charge in [-0.2, -0.15) is 0 Å². The molecule has 0 aliphatic heterocycles. The number of anilines is 2. The number of nitrogens with one attached hydrogen (secondary N) is 2. The molecule has 126 valence electrons. The molecule has 0 radical (unpaired) electrons. The molecule has 0 amide bonds. The highest BCUT2D eigenvalue weighted by Gasteiger charge is 2.26. The number of rotatable bonds is 6. The van der Waals surface area contributed by atoms with Crippen molar-refractivity contribution in [3.8, 4) is 0 Å². The Kier molecular flexibility index (Phi) is 5.30. The summed E-state index contributed by atoms with van der Waals surface area (Å²) in [6.07, 6.45) is 11.3. The minimum Gasteiger partial charge on any atom is -0.377 e. The number of nitro groups is 1. The van der Waals surface area contributed by atoms with Gasteiger partial charge in [0.25, 0.3) is 0 Å². The van der Waals surface area contributed by atoms with E-state index in [1.165, 1.54) is 25.7 Å². The molecule has 2 N–H and O–H groups in total. The van der Waals surface area contributed by atoms with Gasteiger partial charge >= 0.3 is 5.69 Å². The van der Waals surface area contributed by atoms with Crippen LogP contribution in [0.15, 0.2) is 17.0 Å². The molecule has 3 rings (SSSR count). The monoisotopic (exact) mass is 335 g/mol. The largest absolute Gasteiger partial charge is 0.377 e. The molecular weight excluding hydrogens is 310 g/mol. The molecule has 2 aliphatic carbocycles. The first-order valence-corrected chi connectivity index (χ1v) is 9.79. The van der Waals surface area contributed by atoms with Crippen LogP contribution in [0.4, 0.5) is 17.1 Å². The lowest BCUT2D eigenvalue weighted by atomic mass is 10.1. The molecule has 1 aromatic carbocycles. The molecule has 2 aliphatic rings. The molecule has 0 heterocycles. The topological polar surface area (TPSA) is 67.2 Å². The molecule has 0 saturated heterocycles. The van der Waals surface area contributed by atoms with E-state index in [4.69, 9.17) is 0 Å². The maximum atomic E-state index is 11.7. The predicted octanol–water partition coefficient (Wildman–Crippen LogP) is 5.03. The highest BCUT2D eigenvalue weighted by Crippen LogP contribution is 2.40. The molecular formula is C17H25N3O2S. The summed E-state index contributed by atoms with van der Waals surface area (Å²) in [5.74, 6) is 0. The maximum Gasteiger partial charge on any atom is 0.315 e. The molecule has 0 bridgehead atoms. The Hall–Kier alpha value is -1.43. The van der Waals surface area contributed by atoms with E-state index >= 15 is 0 Å². The summed E-state index contributed by atoms with van der Waals surface area (Å²) in [4.78, 5) is 12.5. The highest BCUT2D eigenvalue weighted by atomic mass is 32.2. The Balaban J connectivity index is 1.92. The Labute approximate surface area is 141 Å². The molecule has 1 aromatic rings. The van der Waals surface area contributed by atoms with E-state index in [0.717, 1.165) is 30.6 Å². The third-order valence-electron chi connectivity index (χ3n) is 4.93. The lowest BCUT2D eigenvalue weighted by molar-refractivity contribution is -0.383. The van der Waals surface area contributed by atoms with Crippen molar-refractivity contribution in [1.82, 2.24) is 0 Å². The second-order valence-electron chi connectivity index (χ2n) is 6.58. The van der Waals surface area contributed by atoms with Crippen LogP contribution in [0.1, 0.15) is 51.4 Å². The van der Waals surface area contributed by atoms with Crippen molar-refractivity contribution in [2.75, 3.05) is 16.9 Å². The van der Waals surface area contributed by atoms with Gasteiger partial charge in [-0.15, -0.1) is 11.8 Å². The molecule has 0 spiro atoms. The molecule has 5 nitrogen and oxygen atoms in total. The zero-order chi connectivity index (χ0) is 16.2. The van der Waals surface area contributed by atoms with Crippen molar-refractivity contribution in [3.05, 3.63) is 22.2 Å². The van der Waals surface area contributed by atoms with Crippen molar-refractivity contribution in [2.24, 2.45) is 0 Å². The average Bonchev–Trinajstić information content (AvgIpc) is 3.20. The summed E-state index contributed by atoms with van der Waals surface area (Å²) < 4.78 is 0. The molecule has 2 fully saturated rings. The van der Waals surface area contributed by atoms with Crippen LogP contribution >= 0.6 is 11.8 Å². The Morgan fingerprint density at radius 3 is 1.78 bits per heavy atom. The number of nitrogens with zero attached hydrogens (tertiary/aromatic N) is 1. The third-order valence-corrected chi connectivity index (χ3v) is 5.64. The van der Waals surface area contributed by atoms with Crippen LogP contribution in [0, 0.1) is 10.1 Å². The number of benzene rings is 1. The van der Waals surface area contributed by atoms with Gasteiger partial charge in [0, 0.05) is 17.0 Å². The summed E-state index contributed by atoms with van der Waals surface area (Å²) in [6.45, 7) is 0. The second-order valence-corrected chi connectivity index (χ2v) is 7.46. The number of hydrogen-bond acceptors (Lipinski definition) is 5. The van der Waals surface area contributed by atoms with Gasteiger partial charge in [0.15, 0.2) is 0 Å². The fourth-order valence-corrected chi connectivity index (χ4v) is 4.19. The van der Waals surface area contributed by atoms with Crippen molar-refractivity contribution in [1.29, 1.82) is 0 Å². The Morgan fingerprint density at radius 1 is 1.00 bits per heavy atom. The van der Waals surface area contributed by atoms with Gasteiger partial charge in [0.05, 0.1) is 4.92 Å². The van der Waals surface area contributed by atoms with Crippen LogP contribution in [0.3, 0.4) is 0 Å². The van der Waals surface area contributed by atoms with Crippen molar-refractivity contribution >= 4 is 28.8 Å². The van der Waals surface area contributed by atoms with E-state index in [2.05, 4.69) is 10.6 Å². The van der Waals surface area contributed by atoms with E-state index in [1.54, 1.807) is 11.8 Å². The standard InChI is InChI=1S/C17H25N3O2S/c1-23-14-10-15(18-12-6-2-3-7-12)17(20(21)22)16(11-14)19-13-8-4-5-9-13/h10-13,18-19H,2-9H2,1H3.